The van der Waals surface area contributed by atoms with Gasteiger partial charge < -0.3 is 0 Å². The van der Waals surface area contributed by atoms with Crippen molar-refractivity contribution in [2.75, 3.05) is 0 Å². The molecule has 0 fully saturated rings. The van der Waals surface area contributed by atoms with E-state index >= 15 is 0 Å². The number of ketones is 1. The molecule has 2 aromatic heterocycles. The second-order valence-corrected chi connectivity index (χ2v) is 3.91. The number of hydrogen-bond donors (Lipinski definition) is 0. The van der Waals surface area contributed by atoms with Crippen molar-refractivity contribution in [2.24, 2.45) is 0 Å². The molecule has 0 unspecified atom stereocenters. The Balaban J connectivity index is 2.03. The Kier molecular flexibility index (Phi) is 2.33. The number of rotatable bonds is 2. The molecule has 6 heteroatoms. The van der Waals surface area contributed by atoms with Crippen LogP contribution in [0, 0.1) is 6.92 Å². The van der Waals surface area contributed by atoms with Crippen molar-refractivity contribution in [1.82, 2.24) is 24.8 Å². The lowest BCUT2D eigenvalue weighted by Crippen LogP contribution is -2.08. The molecule has 3 rings (SSSR count). The number of aryl methyl sites for hydroxylation is 1. The van der Waals surface area contributed by atoms with Crippen molar-refractivity contribution in [3.05, 3.63) is 53.6 Å². The summed E-state index contributed by atoms with van der Waals surface area (Å²) in [7, 11) is 0. The van der Waals surface area contributed by atoms with E-state index in [-0.39, 0.29) is 11.5 Å². The maximum atomic E-state index is 12.2. The summed E-state index contributed by atoms with van der Waals surface area (Å²) in [4.78, 5) is 16.0. The second kappa shape index (κ2) is 3.99. The number of carbonyl (C=O) groups excluding carboxylic acids is 1. The molecular weight excluding hydrogens is 230 g/mol. The molecule has 0 spiro atoms. The van der Waals surface area contributed by atoms with E-state index in [0.29, 0.717) is 11.3 Å². The van der Waals surface area contributed by atoms with Gasteiger partial charge in [0.2, 0.25) is 5.78 Å². The summed E-state index contributed by atoms with van der Waals surface area (Å²) < 4.78 is 1.43. The summed E-state index contributed by atoms with van der Waals surface area (Å²) in [6.45, 7) is 1.97. The Bertz CT molecular complexity index is 717. The molecule has 3 aromatic rings. The summed E-state index contributed by atoms with van der Waals surface area (Å²) >= 11 is 0. The third-order valence-electron chi connectivity index (χ3n) is 2.59. The monoisotopic (exact) mass is 239 g/mol. The SMILES string of the molecule is Cc1ccc(C(=O)c2cn3ncnc3nn2)cc1. The quantitative estimate of drug-likeness (QED) is 0.625. The Morgan fingerprint density at radius 2 is 1.94 bits per heavy atom. The molecule has 1 aromatic carbocycles. The molecule has 0 aliphatic carbocycles. The van der Waals surface area contributed by atoms with Gasteiger partial charge in [-0.2, -0.15) is 10.1 Å². The standard InChI is InChI=1S/C12H9N5O/c1-8-2-4-9(5-3-8)11(18)10-6-17-12(16-15-10)13-7-14-17/h2-7H,1H3. The van der Waals surface area contributed by atoms with Gasteiger partial charge in [-0.05, 0) is 6.92 Å². The van der Waals surface area contributed by atoms with Gasteiger partial charge in [0.25, 0.3) is 5.78 Å². The Labute approximate surface area is 102 Å². The van der Waals surface area contributed by atoms with Gasteiger partial charge >= 0.3 is 0 Å². The maximum absolute atomic E-state index is 12.2. The van der Waals surface area contributed by atoms with Crippen LogP contribution in [0.2, 0.25) is 0 Å². The smallest absolute Gasteiger partial charge is 0.271 e. The molecule has 6 nitrogen and oxygen atoms in total. The molecule has 0 saturated carbocycles. The summed E-state index contributed by atoms with van der Waals surface area (Å²) in [6, 6.07) is 7.30. The fraction of sp³-hybridized carbons (Fsp3) is 0.0833. The Hall–Kier alpha value is -2.63. The first-order chi connectivity index (χ1) is 8.74. The first-order valence-corrected chi connectivity index (χ1v) is 5.38. The summed E-state index contributed by atoms with van der Waals surface area (Å²) in [6.07, 6.45) is 2.89. The van der Waals surface area contributed by atoms with Crippen LogP contribution in [-0.2, 0) is 0 Å². The highest BCUT2D eigenvalue weighted by atomic mass is 16.1. The third kappa shape index (κ3) is 1.73. The molecule has 0 saturated heterocycles. The zero-order chi connectivity index (χ0) is 12.5. The number of carbonyl (C=O) groups is 1. The van der Waals surface area contributed by atoms with E-state index in [4.69, 9.17) is 0 Å². The minimum Gasteiger partial charge on any atom is -0.287 e. The predicted octanol–water partition coefficient (Wildman–Crippen LogP) is 1.06. The average molecular weight is 239 g/mol. The highest BCUT2D eigenvalue weighted by Gasteiger charge is 2.12. The predicted molar refractivity (Wildman–Crippen MR) is 63.2 cm³/mol. The lowest BCUT2D eigenvalue weighted by molar-refractivity contribution is 0.103. The van der Waals surface area contributed by atoms with Gasteiger partial charge in [-0.25, -0.2) is 4.52 Å². The van der Waals surface area contributed by atoms with Gasteiger partial charge in [-0.3, -0.25) is 4.79 Å². The van der Waals surface area contributed by atoms with Crippen LogP contribution in [0.4, 0.5) is 0 Å². The molecule has 0 amide bonds. The van der Waals surface area contributed by atoms with Crippen LogP contribution in [0.15, 0.2) is 36.8 Å². The number of fused-ring (bicyclic) bond motifs is 1. The van der Waals surface area contributed by atoms with Crippen molar-refractivity contribution in [2.45, 2.75) is 6.92 Å². The van der Waals surface area contributed by atoms with Crippen LogP contribution in [0.3, 0.4) is 0 Å². The zero-order valence-electron chi connectivity index (χ0n) is 9.61. The minimum atomic E-state index is -0.181. The molecule has 88 valence electrons. The van der Waals surface area contributed by atoms with Crippen molar-refractivity contribution in [3.8, 4) is 0 Å². The Morgan fingerprint density at radius 1 is 1.17 bits per heavy atom. The van der Waals surface area contributed by atoms with Crippen LogP contribution in [0.25, 0.3) is 5.78 Å². The molecule has 0 aliphatic rings. The molecule has 0 radical (unpaired) electrons. The largest absolute Gasteiger partial charge is 0.287 e. The van der Waals surface area contributed by atoms with Crippen LogP contribution in [0.5, 0.6) is 0 Å². The van der Waals surface area contributed by atoms with Crippen LogP contribution in [-0.4, -0.2) is 30.6 Å². The molecule has 2 heterocycles. The zero-order valence-corrected chi connectivity index (χ0v) is 9.61. The molecular formula is C12H9N5O. The normalized spacial score (nSPS) is 10.7. The van der Waals surface area contributed by atoms with Crippen LogP contribution >= 0.6 is 0 Å². The highest BCUT2D eigenvalue weighted by Crippen LogP contribution is 2.08. The maximum Gasteiger partial charge on any atom is 0.271 e. The van der Waals surface area contributed by atoms with E-state index < -0.39 is 0 Å². The molecule has 0 bridgehead atoms. The first kappa shape index (κ1) is 10.5. The number of benzene rings is 1. The molecule has 0 N–H and O–H groups in total. The van der Waals surface area contributed by atoms with E-state index in [0.717, 1.165) is 5.56 Å². The van der Waals surface area contributed by atoms with E-state index in [2.05, 4.69) is 20.3 Å². The topological polar surface area (TPSA) is 73.0 Å². The van der Waals surface area contributed by atoms with E-state index in [1.54, 1.807) is 12.1 Å². The van der Waals surface area contributed by atoms with Gasteiger partial charge in [0.1, 0.15) is 6.33 Å². The van der Waals surface area contributed by atoms with E-state index in [1.165, 1.54) is 17.0 Å². The fourth-order valence-electron chi connectivity index (χ4n) is 1.60. The minimum absolute atomic E-state index is 0.181. The lowest BCUT2D eigenvalue weighted by atomic mass is 10.1. The summed E-state index contributed by atoms with van der Waals surface area (Å²) in [5, 5.41) is 11.6. The van der Waals surface area contributed by atoms with Gasteiger partial charge in [0.15, 0.2) is 5.69 Å². The highest BCUT2D eigenvalue weighted by molar-refractivity contribution is 6.07. The number of hydrogen-bond acceptors (Lipinski definition) is 5. The number of aromatic nitrogens is 5. The van der Waals surface area contributed by atoms with Gasteiger partial charge in [-0.1, -0.05) is 29.8 Å². The Morgan fingerprint density at radius 3 is 2.72 bits per heavy atom. The lowest BCUT2D eigenvalue weighted by Gasteiger charge is -2.00. The van der Waals surface area contributed by atoms with Crippen molar-refractivity contribution in [1.29, 1.82) is 0 Å². The second-order valence-electron chi connectivity index (χ2n) is 3.91. The van der Waals surface area contributed by atoms with Gasteiger partial charge in [0.05, 0.1) is 6.20 Å². The number of nitrogens with zero attached hydrogens (tertiary/aromatic N) is 5. The molecule has 0 atom stereocenters. The van der Waals surface area contributed by atoms with E-state index in [9.17, 15) is 4.79 Å². The van der Waals surface area contributed by atoms with Crippen molar-refractivity contribution < 1.29 is 4.79 Å². The average Bonchev–Trinajstić information content (AvgIpc) is 2.86. The first-order valence-electron chi connectivity index (χ1n) is 5.38. The van der Waals surface area contributed by atoms with E-state index in [1.807, 2.05) is 19.1 Å². The third-order valence-corrected chi connectivity index (χ3v) is 2.59. The molecule has 0 aliphatic heterocycles. The summed E-state index contributed by atoms with van der Waals surface area (Å²) in [5.74, 6) is 0.190. The summed E-state index contributed by atoms with van der Waals surface area (Å²) in [5.41, 5.74) is 1.93. The van der Waals surface area contributed by atoms with Crippen molar-refractivity contribution >= 4 is 11.6 Å². The van der Waals surface area contributed by atoms with Crippen LogP contribution in [0.1, 0.15) is 21.6 Å². The van der Waals surface area contributed by atoms with Crippen LogP contribution < -0.4 is 0 Å². The van der Waals surface area contributed by atoms with Gasteiger partial charge in [0, 0.05) is 5.56 Å². The fourth-order valence-corrected chi connectivity index (χ4v) is 1.60. The van der Waals surface area contributed by atoms with Crippen molar-refractivity contribution in [3.63, 3.8) is 0 Å². The van der Waals surface area contributed by atoms with Gasteiger partial charge in [-0.15, -0.1) is 10.2 Å². The molecule has 18 heavy (non-hydrogen) atoms.